The van der Waals surface area contributed by atoms with Crippen LogP contribution >= 0.6 is 0 Å². The number of methoxy groups -OCH3 is 1. The molecule has 0 spiro atoms. The van der Waals surface area contributed by atoms with Crippen LogP contribution in [0.15, 0.2) is 24.3 Å². The maximum atomic E-state index is 10.7. The topological polar surface area (TPSA) is 70.0 Å². The largest absolute Gasteiger partial charge is 0.496 e. The van der Waals surface area contributed by atoms with Gasteiger partial charge < -0.3 is 14.9 Å². The van der Waals surface area contributed by atoms with E-state index in [9.17, 15) is 4.79 Å². The van der Waals surface area contributed by atoms with Crippen LogP contribution in [0, 0.1) is 0 Å². The summed E-state index contributed by atoms with van der Waals surface area (Å²) in [6.45, 7) is 1.57. The number of benzene rings is 1. The van der Waals surface area contributed by atoms with E-state index in [1.165, 1.54) is 18.9 Å². The van der Waals surface area contributed by atoms with Crippen LogP contribution in [-0.4, -0.2) is 47.4 Å². The molecule has 0 radical (unpaired) electrons. The molecule has 1 fully saturated rings. The molecule has 1 saturated carbocycles. The second kappa shape index (κ2) is 7.24. The zero-order chi connectivity index (χ0) is 15.2. The second-order valence-electron chi connectivity index (χ2n) is 5.17. The van der Waals surface area contributed by atoms with Gasteiger partial charge in [0.1, 0.15) is 5.75 Å². The van der Waals surface area contributed by atoms with Crippen molar-refractivity contribution in [1.82, 2.24) is 4.90 Å². The molecule has 0 aromatic heterocycles. The Bertz CT molecular complexity index is 523. The van der Waals surface area contributed by atoms with Crippen molar-refractivity contribution in [2.75, 3.05) is 20.3 Å². The SMILES string of the molecule is COc1ccc(CN(CCO)C2CC2)cc1C=CC(=O)O. The summed E-state index contributed by atoms with van der Waals surface area (Å²) in [6, 6.07) is 6.33. The van der Waals surface area contributed by atoms with E-state index in [2.05, 4.69) is 4.90 Å². The van der Waals surface area contributed by atoms with Crippen LogP contribution in [0.2, 0.25) is 0 Å². The fourth-order valence-corrected chi connectivity index (χ4v) is 2.37. The van der Waals surface area contributed by atoms with Gasteiger partial charge in [0.25, 0.3) is 0 Å². The van der Waals surface area contributed by atoms with Crippen molar-refractivity contribution in [1.29, 1.82) is 0 Å². The highest BCUT2D eigenvalue weighted by Crippen LogP contribution is 2.29. The van der Waals surface area contributed by atoms with Crippen LogP contribution < -0.4 is 4.74 Å². The van der Waals surface area contributed by atoms with Gasteiger partial charge in [-0.05, 0) is 36.6 Å². The number of hydrogen-bond acceptors (Lipinski definition) is 4. The molecule has 0 amide bonds. The molecular weight excluding hydrogens is 270 g/mol. The van der Waals surface area contributed by atoms with E-state index in [-0.39, 0.29) is 6.61 Å². The van der Waals surface area contributed by atoms with Crippen molar-refractivity contribution in [3.8, 4) is 5.75 Å². The number of rotatable bonds is 8. The first kappa shape index (κ1) is 15.5. The van der Waals surface area contributed by atoms with E-state index < -0.39 is 5.97 Å². The zero-order valence-corrected chi connectivity index (χ0v) is 12.2. The molecule has 0 unspecified atom stereocenters. The molecule has 0 saturated heterocycles. The van der Waals surface area contributed by atoms with Gasteiger partial charge in [0.15, 0.2) is 0 Å². The van der Waals surface area contributed by atoms with Gasteiger partial charge in [0, 0.05) is 30.8 Å². The minimum absolute atomic E-state index is 0.151. The number of aliphatic hydroxyl groups is 1. The fraction of sp³-hybridized carbons (Fsp3) is 0.438. The molecule has 2 rings (SSSR count). The first-order valence-corrected chi connectivity index (χ1v) is 7.07. The monoisotopic (exact) mass is 291 g/mol. The molecule has 0 heterocycles. The first-order chi connectivity index (χ1) is 10.1. The number of nitrogens with zero attached hydrogens (tertiary/aromatic N) is 1. The summed E-state index contributed by atoms with van der Waals surface area (Å²) in [6.07, 6.45) is 5.01. The predicted molar refractivity (Wildman–Crippen MR) is 80.2 cm³/mol. The van der Waals surface area contributed by atoms with Crippen LogP contribution in [0.5, 0.6) is 5.75 Å². The molecule has 21 heavy (non-hydrogen) atoms. The molecule has 114 valence electrons. The molecule has 2 N–H and O–H groups in total. The third-order valence-corrected chi connectivity index (χ3v) is 3.54. The van der Waals surface area contributed by atoms with E-state index in [1.54, 1.807) is 7.11 Å². The minimum atomic E-state index is -0.984. The number of hydrogen-bond donors (Lipinski definition) is 2. The van der Waals surface area contributed by atoms with Crippen LogP contribution in [0.3, 0.4) is 0 Å². The zero-order valence-electron chi connectivity index (χ0n) is 12.2. The Hall–Kier alpha value is -1.85. The molecule has 1 aliphatic carbocycles. The third kappa shape index (κ3) is 4.58. The van der Waals surface area contributed by atoms with Crippen molar-refractivity contribution >= 4 is 12.0 Å². The summed E-state index contributed by atoms with van der Waals surface area (Å²) in [5.41, 5.74) is 1.83. The summed E-state index contributed by atoms with van der Waals surface area (Å²) >= 11 is 0. The molecule has 1 aromatic rings. The minimum Gasteiger partial charge on any atom is -0.496 e. The second-order valence-corrected chi connectivity index (χ2v) is 5.17. The van der Waals surface area contributed by atoms with Crippen molar-refractivity contribution in [3.63, 3.8) is 0 Å². The Morgan fingerprint density at radius 2 is 2.24 bits per heavy atom. The van der Waals surface area contributed by atoms with Crippen molar-refractivity contribution < 1.29 is 19.7 Å². The van der Waals surface area contributed by atoms with Crippen LogP contribution in [0.25, 0.3) is 6.08 Å². The molecule has 1 aliphatic rings. The standard InChI is InChI=1S/C16H21NO4/c1-21-15-6-2-12(10-13(15)3-7-16(19)20)11-17(8-9-18)14-4-5-14/h2-3,6-7,10,14,18H,4-5,8-9,11H2,1H3,(H,19,20). The average molecular weight is 291 g/mol. The number of carboxylic acid groups (broad SMARTS) is 1. The molecule has 0 atom stereocenters. The molecule has 0 bridgehead atoms. The third-order valence-electron chi connectivity index (χ3n) is 3.54. The Labute approximate surface area is 124 Å². The first-order valence-electron chi connectivity index (χ1n) is 7.07. The van der Waals surface area contributed by atoms with Crippen LogP contribution in [-0.2, 0) is 11.3 Å². The molecule has 5 nitrogen and oxygen atoms in total. The van der Waals surface area contributed by atoms with Crippen molar-refractivity contribution in [2.24, 2.45) is 0 Å². The van der Waals surface area contributed by atoms with Crippen molar-refractivity contribution in [3.05, 3.63) is 35.4 Å². The van der Waals surface area contributed by atoms with E-state index in [0.717, 1.165) is 23.7 Å². The summed E-state index contributed by atoms with van der Waals surface area (Å²) in [5.74, 6) is -0.335. The van der Waals surface area contributed by atoms with Gasteiger partial charge in [-0.2, -0.15) is 0 Å². The highest BCUT2D eigenvalue weighted by atomic mass is 16.5. The molecule has 5 heteroatoms. The number of aliphatic carboxylic acids is 1. The summed E-state index contributed by atoms with van der Waals surface area (Å²) in [4.78, 5) is 12.9. The van der Waals surface area contributed by atoms with Gasteiger partial charge in [-0.25, -0.2) is 4.79 Å². The summed E-state index contributed by atoms with van der Waals surface area (Å²) < 4.78 is 5.25. The van der Waals surface area contributed by atoms with Crippen molar-refractivity contribution in [2.45, 2.75) is 25.4 Å². The van der Waals surface area contributed by atoms with E-state index in [4.69, 9.17) is 14.9 Å². The Morgan fingerprint density at radius 3 is 2.81 bits per heavy atom. The Kier molecular flexibility index (Phi) is 5.36. The molecular formula is C16H21NO4. The van der Waals surface area contributed by atoms with Crippen LogP contribution in [0.4, 0.5) is 0 Å². The average Bonchev–Trinajstić information content (AvgIpc) is 3.29. The number of aliphatic hydroxyl groups excluding tert-OH is 1. The maximum Gasteiger partial charge on any atom is 0.328 e. The van der Waals surface area contributed by atoms with Crippen LogP contribution in [0.1, 0.15) is 24.0 Å². The van der Waals surface area contributed by atoms with Gasteiger partial charge in [0.2, 0.25) is 0 Å². The molecule has 0 aliphatic heterocycles. The Morgan fingerprint density at radius 1 is 1.48 bits per heavy atom. The summed E-state index contributed by atoms with van der Waals surface area (Å²) in [5, 5.41) is 17.9. The lowest BCUT2D eigenvalue weighted by atomic mass is 10.1. The fourth-order valence-electron chi connectivity index (χ4n) is 2.37. The van der Waals surface area contributed by atoms with E-state index in [1.807, 2.05) is 18.2 Å². The predicted octanol–water partition coefficient (Wildman–Crippen LogP) is 1.75. The summed E-state index contributed by atoms with van der Waals surface area (Å²) in [7, 11) is 1.56. The van der Waals surface area contributed by atoms with Gasteiger partial charge in [-0.15, -0.1) is 0 Å². The van der Waals surface area contributed by atoms with E-state index >= 15 is 0 Å². The number of carboxylic acids is 1. The van der Waals surface area contributed by atoms with Gasteiger partial charge in [-0.1, -0.05) is 6.07 Å². The normalized spacial score (nSPS) is 14.8. The highest BCUT2D eigenvalue weighted by Gasteiger charge is 2.28. The lowest BCUT2D eigenvalue weighted by Crippen LogP contribution is -2.28. The maximum absolute atomic E-state index is 10.7. The highest BCUT2D eigenvalue weighted by molar-refractivity contribution is 5.86. The number of ether oxygens (including phenoxy) is 1. The van der Waals surface area contributed by atoms with Gasteiger partial charge in [-0.3, -0.25) is 4.90 Å². The number of carbonyl (C=O) groups is 1. The van der Waals surface area contributed by atoms with Gasteiger partial charge >= 0.3 is 5.97 Å². The quantitative estimate of drug-likeness (QED) is 0.714. The van der Waals surface area contributed by atoms with Gasteiger partial charge in [0.05, 0.1) is 13.7 Å². The Balaban J connectivity index is 2.15. The lowest BCUT2D eigenvalue weighted by molar-refractivity contribution is -0.131. The smallest absolute Gasteiger partial charge is 0.328 e. The van der Waals surface area contributed by atoms with E-state index in [0.29, 0.717) is 18.3 Å². The molecule has 1 aromatic carbocycles. The lowest BCUT2D eigenvalue weighted by Gasteiger charge is -2.21.